The molecule has 0 saturated heterocycles. The Morgan fingerprint density at radius 3 is 1.24 bits per heavy atom. The molecule has 0 unspecified atom stereocenters. The third kappa shape index (κ3) is 11.2. The van der Waals surface area contributed by atoms with Crippen LogP contribution in [0.2, 0.25) is 0 Å². The van der Waals surface area contributed by atoms with E-state index in [9.17, 15) is 35.9 Å². The number of carboxylic acids is 2. The second kappa shape index (κ2) is 10.7. The quantitative estimate of drug-likeness (QED) is 0.413. The normalized spacial score (nSPS) is 11.3. The Morgan fingerprint density at radius 1 is 0.880 bits per heavy atom. The largest absolute Gasteiger partial charge is 0.478 e. The van der Waals surface area contributed by atoms with Crippen molar-refractivity contribution in [3.8, 4) is 0 Å². The van der Waals surface area contributed by atoms with Gasteiger partial charge < -0.3 is 20.4 Å². The van der Waals surface area contributed by atoms with E-state index in [0.717, 1.165) is 0 Å². The summed E-state index contributed by atoms with van der Waals surface area (Å²) in [7, 11) is 0. The minimum atomic E-state index is -5.89. The molecule has 6 nitrogen and oxygen atoms in total. The molecule has 0 atom stereocenters. The van der Waals surface area contributed by atoms with Gasteiger partial charge in [0, 0.05) is 24.2 Å². The Hall–Kier alpha value is -2.08. The molecule has 0 aliphatic carbocycles. The van der Waals surface area contributed by atoms with Gasteiger partial charge in [-0.2, -0.15) is 26.3 Å². The lowest BCUT2D eigenvalue weighted by atomic mass is 10.1. The lowest BCUT2D eigenvalue weighted by Crippen LogP contribution is -2.54. The van der Waals surface area contributed by atoms with Gasteiger partial charge in [-0.3, -0.25) is 0 Å². The van der Waals surface area contributed by atoms with Crippen LogP contribution in [0.3, 0.4) is 0 Å². The standard InChI is InChI=1S/C5H6F6O2.2C4H6O2/c6-3(7,1-2-12)4(8,9)5(10,11)13;2*1-3(2)4(5)6/h12-13H,1-2H2;2*1H2,2H3,(H,5,6). The van der Waals surface area contributed by atoms with Gasteiger partial charge >= 0.3 is 29.9 Å². The highest BCUT2D eigenvalue weighted by Crippen LogP contribution is 2.45. The molecule has 0 radical (unpaired) electrons. The number of hydrogen-bond donors (Lipinski definition) is 4. The average Bonchev–Trinajstić information content (AvgIpc) is 2.38. The van der Waals surface area contributed by atoms with E-state index in [-0.39, 0.29) is 11.1 Å². The molecule has 148 valence electrons. The van der Waals surface area contributed by atoms with Crippen LogP contribution in [0.5, 0.6) is 0 Å². The Bertz CT molecular complexity index is 436. The molecule has 0 fully saturated rings. The summed E-state index contributed by atoms with van der Waals surface area (Å²) in [5, 5.41) is 31.1. The molecule has 25 heavy (non-hydrogen) atoms. The van der Waals surface area contributed by atoms with Gasteiger partial charge in [-0.25, -0.2) is 9.59 Å². The predicted octanol–water partition coefficient (Wildman–Crippen LogP) is 2.52. The van der Waals surface area contributed by atoms with E-state index in [2.05, 4.69) is 13.2 Å². The lowest BCUT2D eigenvalue weighted by molar-refractivity contribution is -0.385. The van der Waals surface area contributed by atoms with E-state index in [1.165, 1.54) is 13.8 Å². The van der Waals surface area contributed by atoms with Crippen LogP contribution in [0.15, 0.2) is 24.3 Å². The van der Waals surface area contributed by atoms with Crippen molar-refractivity contribution < 1.29 is 56.4 Å². The van der Waals surface area contributed by atoms with Crippen LogP contribution < -0.4 is 0 Å². The maximum Gasteiger partial charge on any atom is 0.423 e. The third-order valence-electron chi connectivity index (χ3n) is 1.99. The SMILES string of the molecule is C=C(C)C(=O)O.C=C(C)C(=O)O.OCCC(F)(F)C(F)(F)C(O)(F)F. The molecule has 12 heteroatoms. The number of halogens is 6. The summed E-state index contributed by atoms with van der Waals surface area (Å²) in [6, 6.07) is 0. The van der Waals surface area contributed by atoms with Crippen molar-refractivity contribution in [3.05, 3.63) is 24.3 Å². The number of hydrogen-bond acceptors (Lipinski definition) is 4. The van der Waals surface area contributed by atoms with Crippen molar-refractivity contribution in [1.82, 2.24) is 0 Å². The van der Waals surface area contributed by atoms with Crippen LogP contribution >= 0.6 is 0 Å². The second-order valence-corrected chi connectivity index (χ2v) is 4.46. The number of carboxylic acid groups (broad SMARTS) is 2. The molecule has 0 aromatic heterocycles. The van der Waals surface area contributed by atoms with Crippen LogP contribution in [0.1, 0.15) is 20.3 Å². The minimum Gasteiger partial charge on any atom is -0.478 e. The minimum absolute atomic E-state index is 0.176. The molecular weight excluding hydrogens is 366 g/mol. The van der Waals surface area contributed by atoms with Crippen LogP contribution in [-0.4, -0.2) is 56.9 Å². The molecular formula is C13H18F6O6. The number of rotatable bonds is 6. The summed E-state index contributed by atoms with van der Waals surface area (Å²) >= 11 is 0. The van der Waals surface area contributed by atoms with Gasteiger partial charge in [-0.1, -0.05) is 13.2 Å². The molecule has 0 saturated carbocycles. The van der Waals surface area contributed by atoms with Crippen molar-refractivity contribution in [2.24, 2.45) is 0 Å². The predicted molar refractivity (Wildman–Crippen MR) is 73.7 cm³/mol. The van der Waals surface area contributed by atoms with E-state index in [1.54, 1.807) is 0 Å². The van der Waals surface area contributed by atoms with Gasteiger partial charge in [0.25, 0.3) is 0 Å². The van der Waals surface area contributed by atoms with Crippen molar-refractivity contribution in [1.29, 1.82) is 0 Å². The number of alkyl halides is 6. The summed E-state index contributed by atoms with van der Waals surface area (Å²) < 4.78 is 71.5. The first-order valence-corrected chi connectivity index (χ1v) is 6.09. The van der Waals surface area contributed by atoms with Crippen molar-refractivity contribution >= 4 is 11.9 Å². The van der Waals surface area contributed by atoms with Crippen LogP contribution in [-0.2, 0) is 9.59 Å². The highest BCUT2D eigenvalue weighted by atomic mass is 19.3. The summed E-state index contributed by atoms with van der Waals surface area (Å²) in [5.41, 5.74) is 0.352. The number of aliphatic carboxylic acids is 2. The van der Waals surface area contributed by atoms with E-state index in [1.807, 2.05) is 0 Å². The molecule has 0 spiro atoms. The highest BCUT2D eigenvalue weighted by molar-refractivity contribution is 5.85. The zero-order valence-electron chi connectivity index (χ0n) is 13.2. The van der Waals surface area contributed by atoms with Crippen molar-refractivity contribution in [3.63, 3.8) is 0 Å². The van der Waals surface area contributed by atoms with Crippen LogP contribution in [0, 0.1) is 0 Å². The van der Waals surface area contributed by atoms with Gasteiger partial charge in [0.1, 0.15) is 0 Å². The molecule has 0 aliphatic heterocycles. The highest BCUT2D eigenvalue weighted by Gasteiger charge is 2.70. The first-order valence-electron chi connectivity index (χ1n) is 6.09. The molecule has 0 aliphatic rings. The van der Waals surface area contributed by atoms with Gasteiger partial charge in [0.15, 0.2) is 0 Å². The fraction of sp³-hybridized carbons (Fsp3) is 0.538. The van der Waals surface area contributed by atoms with Crippen LogP contribution in [0.4, 0.5) is 26.3 Å². The Morgan fingerprint density at radius 2 is 1.12 bits per heavy atom. The fourth-order valence-electron chi connectivity index (χ4n) is 0.517. The van der Waals surface area contributed by atoms with Gasteiger partial charge in [-0.05, 0) is 13.8 Å². The molecule has 4 N–H and O–H groups in total. The molecule has 0 heterocycles. The zero-order valence-corrected chi connectivity index (χ0v) is 13.2. The average molecular weight is 384 g/mol. The lowest BCUT2D eigenvalue weighted by Gasteiger charge is -2.28. The molecule has 0 aromatic rings. The van der Waals surface area contributed by atoms with E-state index >= 15 is 0 Å². The Kier molecular flexibility index (Phi) is 11.9. The van der Waals surface area contributed by atoms with Gasteiger partial charge in [0.2, 0.25) is 0 Å². The number of carbonyl (C=O) groups is 2. The maximum atomic E-state index is 12.1. The van der Waals surface area contributed by atoms with Crippen molar-refractivity contribution in [2.75, 3.05) is 6.61 Å². The summed E-state index contributed by atoms with van der Waals surface area (Å²) in [6.07, 6.45) is -7.66. The van der Waals surface area contributed by atoms with Crippen LogP contribution in [0.25, 0.3) is 0 Å². The first-order chi connectivity index (χ1) is 10.8. The Balaban J connectivity index is -0.000000336. The van der Waals surface area contributed by atoms with Gasteiger partial charge in [-0.15, -0.1) is 0 Å². The summed E-state index contributed by atoms with van der Waals surface area (Å²) in [6.45, 7) is 7.81. The monoisotopic (exact) mass is 384 g/mol. The third-order valence-corrected chi connectivity index (χ3v) is 1.99. The second-order valence-electron chi connectivity index (χ2n) is 4.46. The zero-order chi connectivity index (χ0) is 21.2. The summed E-state index contributed by atoms with van der Waals surface area (Å²) in [5.74, 6) is -12.9. The molecule has 0 aromatic carbocycles. The number of aliphatic hydroxyl groups excluding tert-OH is 1. The van der Waals surface area contributed by atoms with E-state index < -0.39 is 42.9 Å². The van der Waals surface area contributed by atoms with Gasteiger partial charge in [0.05, 0.1) is 0 Å². The first kappa shape index (κ1) is 27.8. The fourth-order valence-corrected chi connectivity index (χ4v) is 0.517. The maximum absolute atomic E-state index is 12.1. The molecule has 0 rings (SSSR count). The number of aliphatic hydroxyl groups is 2. The van der Waals surface area contributed by atoms with Crippen molar-refractivity contribution in [2.45, 2.75) is 38.2 Å². The molecule has 0 amide bonds. The topological polar surface area (TPSA) is 115 Å². The Labute approximate surface area is 138 Å². The smallest absolute Gasteiger partial charge is 0.423 e. The summed E-state index contributed by atoms with van der Waals surface area (Å²) in [4.78, 5) is 19.2. The molecule has 0 bridgehead atoms. The van der Waals surface area contributed by atoms with E-state index in [4.69, 9.17) is 20.4 Å². The van der Waals surface area contributed by atoms with E-state index in [0.29, 0.717) is 0 Å².